The molecule has 0 unspecified atom stereocenters. The summed E-state index contributed by atoms with van der Waals surface area (Å²) in [4.78, 5) is 52.4. The first kappa shape index (κ1) is 26.1. The highest BCUT2D eigenvalue weighted by molar-refractivity contribution is 6.04. The van der Waals surface area contributed by atoms with Gasteiger partial charge in [-0.05, 0) is 61.5 Å². The van der Waals surface area contributed by atoms with E-state index >= 15 is 4.39 Å². The lowest BCUT2D eigenvalue weighted by atomic mass is 10.0. The van der Waals surface area contributed by atoms with Gasteiger partial charge in [-0.2, -0.15) is 0 Å². The zero-order valence-corrected chi connectivity index (χ0v) is 20.3. The lowest BCUT2D eigenvalue weighted by Crippen LogP contribution is -2.47. The lowest BCUT2D eigenvalue weighted by molar-refractivity contribution is -0.126. The van der Waals surface area contributed by atoms with Gasteiger partial charge in [-0.25, -0.2) is 4.39 Å². The van der Waals surface area contributed by atoms with Gasteiger partial charge in [0, 0.05) is 16.8 Å². The van der Waals surface area contributed by atoms with Crippen LogP contribution in [0.15, 0.2) is 94.2 Å². The van der Waals surface area contributed by atoms with E-state index in [9.17, 15) is 19.2 Å². The van der Waals surface area contributed by atoms with Gasteiger partial charge < -0.3 is 19.5 Å². The lowest BCUT2D eigenvalue weighted by Gasteiger charge is -2.32. The smallest absolute Gasteiger partial charge is 0.287 e. The minimum atomic E-state index is -1.46. The van der Waals surface area contributed by atoms with Crippen LogP contribution in [0.25, 0.3) is 0 Å². The van der Waals surface area contributed by atoms with Crippen molar-refractivity contribution in [2.45, 2.75) is 19.5 Å². The fraction of sp³-hybridized carbons (Fsp3) is 0.143. The molecule has 2 aromatic heterocycles. The summed E-state index contributed by atoms with van der Waals surface area (Å²) in [6, 6.07) is 16.4. The largest absolute Gasteiger partial charge is 0.467 e. The number of hydrogen-bond acceptors (Lipinski definition) is 6. The van der Waals surface area contributed by atoms with Crippen molar-refractivity contribution >= 4 is 29.2 Å². The first-order chi connectivity index (χ1) is 18.3. The number of halogens is 1. The highest BCUT2D eigenvalue weighted by atomic mass is 19.1. The first-order valence-corrected chi connectivity index (χ1v) is 11.6. The zero-order chi connectivity index (χ0) is 27.1. The van der Waals surface area contributed by atoms with Crippen LogP contribution in [0.4, 0.5) is 10.1 Å². The third-order valence-corrected chi connectivity index (χ3v) is 5.69. The normalized spacial score (nSPS) is 11.4. The molecule has 0 saturated heterocycles. The van der Waals surface area contributed by atoms with Gasteiger partial charge in [0.05, 0.1) is 25.6 Å². The Hall–Kier alpha value is -4.99. The van der Waals surface area contributed by atoms with Crippen molar-refractivity contribution in [1.82, 2.24) is 10.6 Å². The van der Waals surface area contributed by atoms with Crippen molar-refractivity contribution in [3.05, 3.63) is 114 Å². The van der Waals surface area contributed by atoms with Crippen LogP contribution in [0, 0.1) is 5.82 Å². The van der Waals surface area contributed by atoms with E-state index in [4.69, 9.17) is 8.83 Å². The van der Waals surface area contributed by atoms with E-state index in [0.717, 1.165) is 4.90 Å². The van der Waals surface area contributed by atoms with Gasteiger partial charge in [0.2, 0.25) is 11.8 Å². The zero-order valence-electron chi connectivity index (χ0n) is 20.3. The second-order valence-corrected chi connectivity index (χ2v) is 8.25. The maximum atomic E-state index is 15.1. The van der Waals surface area contributed by atoms with E-state index in [0.29, 0.717) is 11.3 Å². The third kappa shape index (κ3) is 6.04. The second-order valence-electron chi connectivity index (χ2n) is 8.25. The number of anilines is 1. The molecule has 1 atom stereocenters. The third-order valence-electron chi connectivity index (χ3n) is 5.69. The minimum Gasteiger partial charge on any atom is -0.467 e. The molecule has 0 fully saturated rings. The molecule has 2 N–H and O–H groups in total. The van der Waals surface area contributed by atoms with E-state index in [1.165, 1.54) is 74.0 Å². The average Bonchev–Trinajstić information content (AvgIpc) is 3.64. The molecule has 0 radical (unpaired) electrons. The van der Waals surface area contributed by atoms with Crippen LogP contribution in [0.2, 0.25) is 0 Å². The Morgan fingerprint density at radius 3 is 2.21 bits per heavy atom. The van der Waals surface area contributed by atoms with E-state index in [2.05, 4.69) is 10.6 Å². The number of hydrogen-bond donors (Lipinski definition) is 2. The molecule has 0 aliphatic carbocycles. The van der Waals surface area contributed by atoms with E-state index in [-0.39, 0.29) is 29.3 Å². The number of carbonyl (C=O) groups is 4. The Morgan fingerprint density at radius 1 is 0.868 bits per heavy atom. The molecule has 0 bridgehead atoms. The fourth-order valence-corrected chi connectivity index (χ4v) is 3.81. The van der Waals surface area contributed by atoms with Gasteiger partial charge in [0.15, 0.2) is 11.5 Å². The minimum absolute atomic E-state index is 0.00266. The highest BCUT2D eigenvalue weighted by Gasteiger charge is 2.34. The first-order valence-electron chi connectivity index (χ1n) is 11.6. The standard InChI is InChI=1S/C28H24FN3O6/c1-18(33)19-10-12-20(13-11-19)32(25(34)17-31-27(35)24-9-5-15-38-24)26(22-7-2-3-8-23(22)29)28(36)30-16-21-6-4-14-37-21/h2-15,26H,16-17H2,1H3,(H,30,36)(H,31,35)/t26-/m0/s1. The van der Waals surface area contributed by atoms with Crippen LogP contribution in [0.5, 0.6) is 0 Å². The van der Waals surface area contributed by atoms with Crippen molar-refractivity contribution in [3.8, 4) is 0 Å². The molecule has 0 spiro atoms. The van der Waals surface area contributed by atoms with E-state index in [1.807, 2.05) is 0 Å². The summed E-state index contributed by atoms with van der Waals surface area (Å²) in [5, 5.41) is 5.14. The molecule has 0 aliphatic rings. The predicted octanol–water partition coefficient (Wildman–Crippen LogP) is 4.04. The SMILES string of the molecule is CC(=O)c1ccc(N(C(=O)CNC(=O)c2ccco2)[C@H](C(=O)NCc2ccco2)c2ccccc2F)cc1. The number of furan rings is 2. The van der Waals surface area contributed by atoms with Crippen LogP contribution in [0.3, 0.4) is 0 Å². The molecule has 3 amide bonds. The van der Waals surface area contributed by atoms with Crippen molar-refractivity contribution in [2.75, 3.05) is 11.4 Å². The van der Waals surface area contributed by atoms with Gasteiger partial charge in [-0.15, -0.1) is 0 Å². The number of carbonyl (C=O) groups excluding carboxylic acids is 4. The molecular formula is C28H24FN3O6. The summed E-state index contributed by atoms with van der Waals surface area (Å²) in [5.74, 6) is -2.47. The molecule has 0 aliphatic heterocycles. The molecule has 194 valence electrons. The van der Waals surface area contributed by atoms with E-state index < -0.39 is 36.1 Å². The number of nitrogens with one attached hydrogen (secondary N) is 2. The van der Waals surface area contributed by atoms with Crippen molar-refractivity contribution in [2.24, 2.45) is 0 Å². The van der Waals surface area contributed by atoms with Crippen LogP contribution in [-0.2, 0) is 16.1 Å². The van der Waals surface area contributed by atoms with Gasteiger partial charge in [-0.1, -0.05) is 18.2 Å². The van der Waals surface area contributed by atoms with Crippen LogP contribution in [0.1, 0.15) is 45.2 Å². The van der Waals surface area contributed by atoms with Crippen molar-refractivity contribution in [3.63, 3.8) is 0 Å². The molecule has 4 aromatic rings. The number of ketones is 1. The second kappa shape index (κ2) is 11.8. The number of benzene rings is 2. The fourth-order valence-electron chi connectivity index (χ4n) is 3.81. The van der Waals surface area contributed by atoms with Crippen molar-refractivity contribution in [1.29, 1.82) is 0 Å². The number of nitrogens with zero attached hydrogens (tertiary/aromatic N) is 1. The summed E-state index contributed by atoms with van der Waals surface area (Å²) in [7, 11) is 0. The summed E-state index contributed by atoms with van der Waals surface area (Å²) in [5.41, 5.74) is 0.538. The highest BCUT2D eigenvalue weighted by Crippen LogP contribution is 2.30. The molecule has 38 heavy (non-hydrogen) atoms. The Bertz CT molecular complexity index is 1420. The quantitative estimate of drug-likeness (QED) is 0.306. The van der Waals surface area contributed by atoms with Gasteiger partial charge >= 0.3 is 0 Å². The molecule has 9 nitrogen and oxygen atoms in total. The number of amides is 3. The van der Waals surface area contributed by atoms with Crippen LogP contribution >= 0.6 is 0 Å². The maximum Gasteiger partial charge on any atom is 0.287 e. The summed E-state index contributed by atoms with van der Waals surface area (Å²) >= 11 is 0. The van der Waals surface area contributed by atoms with Gasteiger partial charge in [0.25, 0.3) is 5.91 Å². The Labute approximate surface area is 217 Å². The number of Topliss-reactive ketones (excluding diaryl/α,β-unsaturated/α-hetero) is 1. The molecule has 4 rings (SSSR count). The van der Waals surface area contributed by atoms with Gasteiger partial charge in [0.1, 0.15) is 17.6 Å². The molecular weight excluding hydrogens is 493 g/mol. The maximum absolute atomic E-state index is 15.1. The van der Waals surface area contributed by atoms with Gasteiger partial charge in [-0.3, -0.25) is 24.1 Å². The van der Waals surface area contributed by atoms with Crippen LogP contribution in [-0.4, -0.2) is 30.0 Å². The summed E-state index contributed by atoms with van der Waals surface area (Å²) < 4.78 is 25.4. The predicted molar refractivity (Wildman–Crippen MR) is 135 cm³/mol. The Kier molecular flexibility index (Phi) is 8.12. The summed E-state index contributed by atoms with van der Waals surface area (Å²) in [6.45, 7) is 0.869. The summed E-state index contributed by atoms with van der Waals surface area (Å²) in [6.07, 6.45) is 2.77. The van der Waals surface area contributed by atoms with Crippen LogP contribution < -0.4 is 15.5 Å². The monoisotopic (exact) mass is 517 g/mol. The Balaban J connectivity index is 1.71. The molecule has 2 aromatic carbocycles. The Morgan fingerprint density at radius 2 is 1.58 bits per heavy atom. The topological polar surface area (TPSA) is 122 Å². The number of rotatable bonds is 10. The molecule has 10 heteroatoms. The average molecular weight is 518 g/mol. The molecule has 2 heterocycles. The molecule has 0 saturated carbocycles. The van der Waals surface area contributed by atoms with E-state index in [1.54, 1.807) is 18.2 Å². The van der Waals surface area contributed by atoms with Crippen molar-refractivity contribution < 1.29 is 32.4 Å².